The van der Waals surface area contributed by atoms with Crippen LogP contribution < -0.4 is 16.0 Å². The quantitative estimate of drug-likeness (QED) is 0.823. The second-order valence-corrected chi connectivity index (χ2v) is 5.19. The second kappa shape index (κ2) is 8.14. The topological polar surface area (TPSA) is 71.2 Å². The average Bonchev–Trinajstić information content (AvgIpc) is 2.54. The van der Waals surface area contributed by atoms with Crippen molar-refractivity contribution in [3.05, 3.63) is 54.2 Å². The van der Waals surface area contributed by atoms with Crippen LogP contribution in [-0.4, -0.2) is 24.5 Å². The van der Waals surface area contributed by atoms with Crippen LogP contribution in [0.4, 0.5) is 11.5 Å². The summed E-state index contributed by atoms with van der Waals surface area (Å²) in [6.07, 6.45) is 2.81. The highest BCUT2D eigenvalue weighted by Gasteiger charge is 2.05. The Morgan fingerprint density at radius 3 is 2.64 bits per heavy atom. The zero-order valence-corrected chi connectivity index (χ0v) is 12.8. The predicted molar refractivity (Wildman–Crippen MR) is 89.7 cm³/mol. The molecule has 1 aromatic heterocycles. The summed E-state index contributed by atoms with van der Waals surface area (Å²) in [5, 5.41) is 2.82. The van der Waals surface area contributed by atoms with E-state index in [1.165, 1.54) is 5.56 Å². The van der Waals surface area contributed by atoms with Gasteiger partial charge < -0.3 is 16.0 Å². The average molecular weight is 298 g/mol. The van der Waals surface area contributed by atoms with Gasteiger partial charge in [-0.2, -0.15) is 0 Å². The van der Waals surface area contributed by atoms with E-state index in [0.29, 0.717) is 25.1 Å². The van der Waals surface area contributed by atoms with Crippen LogP contribution in [0, 0.1) is 0 Å². The molecule has 0 saturated heterocycles. The van der Waals surface area contributed by atoms with Gasteiger partial charge in [0.05, 0.1) is 11.9 Å². The van der Waals surface area contributed by atoms with Crippen molar-refractivity contribution < 1.29 is 4.79 Å². The van der Waals surface area contributed by atoms with Crippen molar-refractivity contribution in [2.24, 2.45) is 5.73 Å². The summed E-state index contributed by atoms with van der Waals surface area (Å²) in [5.74, 6) is 0.835. The maximum atomic E-state index is 11.6. The Kier molecular flexibility index (Phi) is 5.91. The maximum absolute atomic E-state index is 11.6. The second-order valence-electron chi connectivity index (χ2n) is 5.19. The third-order valence-electron chi connectivity index (χ3n) is 3.29. The fraction of sp³-hybridized carbons (Fsp3) is 0.294. The van der Waals surface area contributed by atoms with Crippen molar-refractivity contribution in [3.8, 4) is 0 Å². The molecule has 0 aliphatic rings. The van der Waals surface area contributed by atoms with Gasteiger partial charge in [0.15, 0.2) is 0 Å². The Hall–Kier alpha value is -2.40. The third kappa shape index (κ3) is 4.86. The molecule has 2 aromatic rings. The minimum absolute atomic E-state index is 0.0300. The van der Waals surface area contributed by atoms with E-state index in [1.54, 1.807) is 6.20 Å². The molecule has 0 saturated carbocycles. The molecule has 0 atom stereocenters. The summed E-state index contributed by atoms with van der Waals surface area (Å²) in [5.41, 5.74) is 7.32. The number of amides is 1. The normalized spacial score (nSPS) is 10.3. The van der Waals surface area contributed by atoms with E-state index < -0.39 is 0 Å². The van der Waals surface area contributed by atoms with E-state index >= 15 is 0 Å². The fourth-order valence-electron chi connectivity index (χ4n) is 2.11. The van der Waals surface area contributed by atoms with Crippen molar-refractivity contribution >= 4 is 17.4 Å². The number of aromatic nitrogens is 1. The lowest BCUT2D eigenvalue weighted by Crippen LogP contribution is -2.18. The Morgan fingerprint density at radius 2 is 2.00 bits per heavy atom. The smallest absolute Gasteiger partial charge is 0.224 e. The zero-order valence-electron chi connectivity index (χ0n) is 12.8. The minimum Gasteiger partial charge on any atom is -0.355 e. The molecule has 0 aliphatic heterocycles. The molecule has 1 amide bonds. The van der Waals surface area contributed by atoms with Gasteiger partial charge in [-0.1, -0.05) is 30.3 Å². The maximum Gasteiger partial charge on any atom is 0.224 e. The van der Waals surface area contributed by atoms with Crippen LogP contribution in [0.25, 0.3) is 0 Å². The highest BCUT2D eigenvalue weighted by Crippen LogP contribution is 2.15. The number of nitrogens with two attached hydrogens (primary N) is 1. The monoisotopic (exact) mass is 298 g/mol. The van der Waals surface area contributed by atoms with E-state index in [2.05, 4.69) is 27.3 Å². The van der Waals surface area contributed by atoms with Crippen LogP contribution >= 0.6 is 0 Å². The minimum atomic E-state index is -0.0300. The van der Waals surface area contributed by atoms with Gasteiger partial charge >= 0.3 is 0 Å². The molecule has 5 nitrogen and oxygen atoms in total. The summed E-state index contributed by atoms with van der Waals surface area (Å²) < 4.78 is 0. The van der Waals surface area contributed by atoms with Crippen LogP contribution in [0.5, 0.6) is 0 Å². The number of benzene rings is 1. The molecule has 0 spiro atoms. The Morgan fingerprint density at radius 1 is 1.23 bits per heavy atom. The molecule has 0 radical (unpaired) electrons. The Balaban J connectivity index is 1.92. The number of pyridine rings is 1. The number of hydrogen-bond acceptors (Lipinski definition) is 4. The molecule has 116 valence electrons. The summed E-state index contributed by atoms with van der Waals surface area (Å²) >= 11 is 0. The summed E-state index contributed by atoms with van der Waals surface area (Å²) in [6, 6.07) is 14.0. The predicted octanol–water partition coefficient (Wildman–Crippen LogP) is 2.40. The number of nitrogens with one attached hydrogen (secondary N) is 1. The Bertz CT molecular complexity index is 583. The number of anilines is 2. The van der Waals surface area contributed by atoms with Gasteiger partial charge in [0.25, 0.3) is 0 Å². The van der Waals surface area contributed by atoms with Crippen LogP contribution in [0.3, 0.4) is 0 Å². The van der Waals surface area contributed by atoms with Crippen LogP contribution in [0.15, 0.2) is 48.7 Å². The molecular weight excluding hydrogens is 276 g/mol. The van der Waals surface area contributed by atoms with Crippen molar-refractivity contribution in [3.63, 3.8) is 0 Å². The van der Waals surface area contributed by atoms with Gasteiger partial charge in [0.2, 0.25) is 5.91 Å². The van der Waals surface area contributed by atoms with Crippen LogP contribution in [0.2, 0.25) is 0 Å². The molecule has 1 heterocycles. The molecular formula is C17H22N4O. The van der Waals surface area contributed by atoms with Gasteiger partial charge in [-0.3, -0.25) is 4.79 Å². The Labute approximate surface area is 131 Å². The summed E-state index contributed by atoms with van der Waals surface area (Å²) in [4.78, 5) is 18.1. The molecule has 2 rings (SSSR count). The number of rotatable bonds is 7. The fourth-order valence-corrected chi connectivity index (χ4v) is 2.11. The molecule has 0 fully saturated rings. The largest absolute Gasteiger partial charge is 0.355 e. The first kappa shape index (κ1) is 16.0. The van der Waals surface area contributed by atoms with Gasteiger partial charge in [0.1, 0.15) is 5.82 Å². The molecule has 5 heteroatoms. The molecule has 1 aromatic carbocycles. The van der Waals surface area contributed by atoms with Crippen LogP contribution in [-0.2, 0) is 11.3 Å². The van der Waals surface area contributed by atoms with Gasteiger partial charge in [0, 0.05) is 20.0 Å². The summed E-state index contributed by atoms with van der Waals surface area (Å²) in [7, 11) is 1.99. The van der Waals surface area contributed by atoms with E-state index in [9.17, 15) is 4.79 Å². The number of carbonyl (C=O) groups is 1. The molecule has 3 N–H and O–H groups in total. The SMILES string of the molecule is CN(Cc1ccccc1)c1ccc(NC(=O)CCCN)cn1. The molecule has 0 bridgehead atoms. The van der Waals surface area contributed by atoms with Crippen LogP contribution in [0.1, 0.15) is 18.4 Å². The summed E-state index contributed by atoms with van der Waals surface area (Å²) in [6.45, 7) is 1.31. The van der Waals surface area contributed by atoms with E-state index in [4.69, 9.17) is 5.73 Å². The van der Waals surface area contributed by atoms with Gasteiger partial charge in [-0.15, -0.1) is 0 Å². The zero-order chi connectivity index (χ0) is 15.8. The number of nitrogens with zero attached hydrogens (tertiary/aromatic N) is 2. The first-order valence-electron chi connectivity index (χ1n) is 7.40. The standard InChI is InChI=1S/C17H22N4O/c1-21(13-14-6-3-2-4-7-14)16-10-9-15(12-19-16)20-17(22)8-5-11-18/h2-4,6-7,9-10,12H,5,8,11,13,18H2,1H3,(H,20,22). The van der Waals surface area contributed by atoms with Gasteiger partial charge in [-0.05, 0) is 30.7 Å². The lowest BCUT2D eigenvalue weighted by molar-refractivity contribution is -0.116. The molecule has 0 aliphatic carbocycles. The van der Waals surface area contributed by atoms with E-state index in [-0.39, 0.29) is 5.91 Å². The van der Waals surface area contributed by atoms with Crippen molar-refractivity contribution in [1.29, 1.82) is 0 Å². The van der Waals surface area contributed by atoms with E-state index in [1.807, 2.05) is 37.4 Å². The third-order valence-corrected chi connectivity index (χ3v) is 3.29. The number of carbonyl (C=O) groups excluding carboxylic acids is 1. The van der Waals surface area contributed by atoms with E-state index in [0.717, 1.165) is 12.4 Å². The van der Waals surface area contributed by atoms with Crippen molar-refractivity contribution in [1.82, 2.24) is 4.98 Å². The lowest BCUT2D eigenvalue weighted by atomic mass is 10.2. The van der Waals surface area contributed by atoms with Crippen molar-refractivity contribution in [2.75, 3.05) is 23.8 Å². The highest BCUT2D eigenvalue weighted by molar-refractivity contribution is 5.90. The van der Waals surface area contributed by atoms with Crippen molar-refractivity contribution in [2.45, 2.75) is 19.4 Å². The number of hydrogen-bond donors (Lipinski definition) is 2. The molecule has 0 unspecified atom stereocenters. The van der Waals surface area contributed by atoms with Gasteiger partial charge in [-0.25, -0.2) is 4.98 Å². The highest BCUT2D eigenvalue weighted by atomic mass is 16.1. The molecule has 22 heavy (non-hydrogen) atoms. The lowest BCUT2D eigenvalue weighted by Gasteiger charge is -2.18. The first-order valence-corrected chi connectivity index (χ1v) is 7.40. The first-order chi connectivity index (χ1) is 10.7.